The van der Waals surface area contributed by atoms with E-state index in [9.17, 15) is 0 Å². The summed E-state index contributed by atoms with van der Waals surface area (Å²) in [6, 6.07) is 18.4. The molecule has 4 nitrogen and oxygen atoms in total. The molecule has 0 saturated heterocycles. The molecule has 0 N–H and O–H groups in total. The molecule has 25 heavy (non-hydrogen) atoms. The van der Waals surface area contributed by atoms with Crippen molar-refractivity contribution in [3.8, 4) is 0 Å². The molecule has 6 heteroatoms. The Morgan fingerprint density at radius 2 is 1.84 bits per heavy atom. The number of hydrogen-bond donors (Lipinski definition) is 0. The van der Waals surface area contributed by atoms with Crippen LogP contribution in [0.4, 0.5) is 0 Å². The summed E-state index contributed by atoms with van der Waals surface area (Å²) in [4.78, 5) is 0. The summed E-state index contributed by atoms with van der Waals surface area (Å²) in [5.74, 6) is 1.59. The summed E-state index contributed by atoms with van der Waals surface area (Å²) in [6.45, 7) is 1.90. The molecular formula is C19H17BrN4S. The van der Waals surface area contributed by atoms with E-state index in [-0.39, 0.29) is 0 Å². The Hall–Kier alpha value is -2.18. The molecule has 3 aromatic rings. The molecule has 0 atom stereocenters. The molecule has 0 bridgehead atoms. The van der Waals surface area contributed by atoms with Gasteiger partial charge in [-0.15, -0.1) is 10.2 Å². The summed E-state index contributed by atoms with van der Waals surface area (Å²) in [6.07, 6.45) is 5.68. The lowest BCUT2D eigenvalue weighted by Crippen LogP contribution is -1.95. The fraction of sp³-hybridized carbons (Fsp3) is 0.105. The largest absolute Gasteiger partial charge is 0.212 e. The van der Waals surface area contributed by atoms with Crippen LogP contribution in [0.3, 0.4) is 0 Å². The molecule has 0 aliphatic heterocycles. The second kappa shape index (κ2) is 8.78. The predicted molar refractivity (Wildman–Crippen MR) is 108 cm³/mol. The van der Waals surface area contributed by atoms with E-state index in [0.717, 1.165) is 26.8 Å². The van der Waals surface area contributed by atoms with E-state index in [1.54, 1.807) is 22.7 Å². The minimum absolute atomic E-state index is 0.766. The molecule has 126 valence electrons. The first-order valence-corrected chi connectivity index (χ1v) is 9.55. The smallest absolute Gasteiger partial charge is 0.192 e. The van der Waals surface area contributed by atoms with Crippen molar-refractivity contribution in [2.45, 2.75) is 17.8 Å². The minimum Gasteiger partial charge on any atom is -0.192 e. The lowest BCUT2D eigenvalue weighted by atomic mass is 10.2. The van der Waals surface area contributed by atoms with Crippen molar-refractivity contribution in [1.82, 2.24) is 14.9 Å². The molecule has 0 fully saturated rings. The van der Waals surface area contributed by atoms with Crippen LogP contribution in [0.15, 0.2) is 75.4 Å². The van der Waals surface area contributed by atoms with E-state index >= 15 is 0 Å². The van der Waals surface area contributed by atoms with Gasteiger partial charge in [-0.1, -0.05) is 76.2 Å². The lowest BCUT2D eigenvalue weighted by Gasteiger charge is -2.02. The highest BCUT2D eigenvalue weighted by molar-refractivity contribution is 9.10. The van der Waals surface area contributed by atoms with Crippen molar-refractivity contribution < 1.29 is 0 Å². The fourth-order valence-electron chi connectivity index (χ4n) is 2.11. The van der Waals surface area contributed by atoms with Gasteiger partial charge < -0.3 is 0 Å². The van der Waals surface area contributed by atoms with Gasteiger partial charge in [0.25, 0.3) is 0 Å². The Kier molecular flexibility index (Phi) is 6.19. The third-order valence-corrected chi connectivity index (χ3v) is 4.92. The number of benzene rings is 2. The molecule has 0 spiro atoms. The Morgan fingerprint density at radius 3 is 2.60 bits per heavy atom. The highest BCUT2D eigenvalue weighted by Crippen LogP contribution is 2.22. The number of nitrogens with zero attached hydrogens (tertiary/aromatic N) is 4. The lowest BCUT2D eigenvalue weighted by molar-refractivity contribution is 0.744. The van der Waals surface area contributed by atoms with Crippen LogP contribution < -0.4 is 0 Å². The summed E-state index contributed by atoms with van der Waals surface area (Å²) in [5, 5.41) is 13.6. The number of aryl methyl sites for hydroxylation is 1. The molecular weight excluding hydrogens is 396 g/mol. The van der Waals surface area contributed by atoms with Crippen LogP contribution in [0, 0.1) is 6.92 Å². The van der Waals surface area contributed by atoms with Gasteiger partial charge >= 0.3 is 0 Å². The number of halogens is 1. The van der Waals surface area contributed by atoms with Crippen molar-refractivity contribution >= 4 is 40.0 Å². The first kappa shape index (κ1) is 17.6. The quantitative estimate of drug-likeness (QED) is 0.413. The molecule has 1 aromatic heterocycles. The average Bonchev–Trinajstić information content (AvgIpc) is 2.99. The number of thioether (sulfide) groups is 1. The average molecular weight is 413 g/mol. The molecule has 3 rings (SSSR count). The fourth-order valence-corrected chi connectivity index (χ4v) is 3.27. The van der Waals surface area contributed by atoms with Gasteiger partial charge in [0.05, 0.1) is 0 Å². The van der Waals surface area contributed by atoms with Gasteiger partial charge in [-0.3, -0.25) is 0 Å². The second-order valence-corrected chi connectivity index (χ2v) is 7.15. The molecule has 0 radical (unpaired) electrons. The van der Waals surface area contributed by atoms with Gasteiger partial charge in [-0.2, -0.15) is 9.78 Å². The summed E-state index contributed by atoms with van der Waals surface area (Å²) < 4.78 is 2.84. The van der Waals surface area contributed by atoms with Crippen LogP contribution >= 0.6 is 27.7 Å². The van der Waals surface area contributed by atoms with Crippen LogP contribution in [-0.4, -0.2) is 21.1 Å². The Balaban J connectivity index is 1.65. The van der Waals surface area contributed by atoms with E-state index in [4.69, 9.17) is 0 Å². The Labute approximate surface area is 159 Å². The second-order valence-electron chi connectivity index (χ2n) is 5.29. The Morgan fingerprint density at radius 1 is 1.08 bits per heavy atom. The van der Waals surface area contributed by atoms with Crippen LogP contribution in [0.25, 0.3) is 6.08 Å². The normalized spacial score (nSPS) is 11.6. The van der Waals surface area contributed by atoms with Crippen LogP contribution in [0.5, 0.6) is 0 Å². The molecule has 0 amide bonds. The summed E-state index contributed by atoms with van der Waals surface area (Å²) in [7, 11) is 0. The maximum Gasteiger partial charge on any atom is 0.212 e. The van der Waals surface area contributed by atoms with Crippen LogP contribution in [-0.2, 0) is 5.75 Å². The van der Waals surface area contributed by atoms with Crippen molar-refractivity contribution in [3.05, 3.63) is 82.1 Å². The topological polar surface area (TPSA) is 43.1 Å². The zero-order valence-corrected chi connectivity index (χ0v) is 16.1. The minimum atomic E-state index is 0.766. The maximum atomic E-state index is 4.46. The third-order valence-electron chi connectivity index (χ3n) is 3.41. The summed E-state index contributed by atoms with van der Waals surface area (Å²) >= 11 is 5.07. The molecule has 0 unspecified atom stereocenters. The van der Waals surface area contributed by atoms with Gasteiger partial charge in [-0.05, 0) is 36.3 Å². The first-order chi connectivity index (χ1) is 12.2. The number of allylic oxidation sites excluding steroid dienone is 1. The monoisotopic (exact) mass is 412 g/mol. The van der Waals surface area contributed by atoms with Gasteiger partial charge in [0.2, 0.25) is 5.16 Å². The van der Waals surface area contributed by atoms with Gasteiger partial charge in [0.1, 0.15) is 0 Å². The van der Waals surface area contributed by atoms with Gasteiger partial charge in [0.15, 0.2) is 5.82 Å². The van der Waals surface area contributed by atoms with Crippen molar-refractivity contribution in [3.63, 3.8) is 0 Å². The van der Waals surface area contributed by atoms with E-state index < -0.39 is 0 Å². The third kappa shape index (κ3) is 5.14. The standard InChI is InChI=1S/C19H17BrN4S/c1-15-22-23-19(25-14-17-9-11-18(20)12-10-17)24(15)21-13-5-8-16-6-3-2-4-7-16/h2-13H,14H2,1H3/b8-5-,21-13-. The van der Waals surface area contributed by atoms with Crippen molar-refractivity contribution in [2.24, 2.45) is 5.10 Å². The van der Waals surface area contributed by atoms with Crippen LogP contribution in [0.2, 0.25) is 0 Å². The van der Waals surface area contributed by atoms with Gasteiger partial charge in [-0.25, -0.2) is 0 Å². The zero-order valence-electron chi connectivity index (χ0n) is 13.7. The van der Waals surface area contributed by atoms with Crippen molar-refractivity contribution in [1.29, 1.82) is 0 Å². The molecule has 0 aliphatic rings. The number of rotatable bonds is 6. The predicted octanol–water partition coefficient (Wildman–Crippen LogP) is 5.19. The molecule has 2 aromatic carbocycles. The highest BCUT2D eigenvalue weighted by atomic mass is 79.9. The van der Waals surface area contributed by atoms with E-state index in [2.05, 4.69) is 43.4 Å². The van der Waals surface area contributed by atoms with Crippen LogP contribution in [0.1, 0.15) is 17.0 Å². The van der Waals surface area contributed by atoms with Gasteiger partial charge in [0, 0.05) is 16.4 Å². The molecule has 0 aliphatic carbocycles. The maximum absolute atomic E-state index is 4.46. The Bertz CT molecular complexity index is 870. The van der Waals surface area contributed by atoms with E-state index in [0.29, 0.717) is 0 Å². The highest BCUT2D eigenvalue weighted by Gasteiger charge is 2.08. The van der Waals surface area contributed by atoms with Crippen molar-refractivity contribution in [2.75, 3.05) is 0 Å². The van der Waals surface area contributed by atoms with E-state index in [1.807, 2.05) is 61.5 Å². The SMILES string of the molecule is Cc1nnc(SCc2ccc(Br)cc2)n1/N=C\C=C/c1ccccc1. The molecule has 0 saturated carbocycles. The van der Waals surface area contributed by atoms with E-state index in [1.165, 1.54) is 5.56 Å². The summed E-state index contributed by atoms with van der Waals surface area (Å²) in [5.41, 5.74) is 2.37. The number of aromatic nitrogens is 3. The number of hydrogen-bond acceptors (Lipinski definition) is 4. The molecule has 1 heterocycles. The zero-order chi connectivity index (χ0) is 17.5. The first-order valence-electron chi connectivity index (χ1n) is 7.78.